The number of rotatable bonds is 4. The van der Waals surface area contributed by atoms with E-state index in [4.69, 9.17) is 4.74 Å². The third-order valence-corrected chi connectivity index (χ3v) is 6.10. The standard InChI is InChI=1S/C27H25N3O5/c1-16-11-12-19(26(33)35-5)15-23(16)29-17(2)13-20(18(29)3)14-22-24(31)28(4)27(34)30(25(22)32)21-9-7-6-8-10-21/h6-15H,1-5H3/b22-14+. The lowest BCUT2D eigenvalue weighted by molar-refractivity contribution is -0.128. The highest BCUT2D eigenvalue weighted by molar-refractivity contribution is 6.39. The Hall–Kier alpha value is -4.46. The Labute approximate surface area is 203 Å². The number of hydrogen-bond acceptors (Lipinski definition) is 5. The summed E-state index contributed by atoms with van der Waals surface area (Å²) >= 11 is 0. The first-order chi connectivity index (χ1) is 16.6. The van der Waals surface area contributed by atoms with Crippen molar-refractivity contribution in [2.45, 2.75) is 20.8 Å². The van der Waals surface area contributed by atoms with Gasteiger partial charge in [-0.25, -0.2) is 14.5 Å². The van der Waals surface area contributed by atoms with Crippen LogP contribution < -0.4 is 4.90 Å². The molecule has 0 spiro atoms. The summed E-state index contributed by atoms with van der Waals surface area (Å²) in [4.78, 5) is 53.0. The van der Waals surface area contributed by atoms with Crippen LogP contribution in [0.1, 0.15) is 32.9 Å². The molecule has 0 bridgehead atoms. The summed E-state index contributed by atoms with van der Waals surface area (Å²) in [5.74, 6) is -1.79. The Bertz CT molecular complexity index is 1400. The maximum absolute atomic E-state index is 13.3. The maximum atomic E-state index is 13.3. The SMILES string of the molecule is COC(=O)c1ccc(C)c(-n2c(C)cc(/C=C3\C(=O)N(C)C(=O)N(c4ccccc4)C3=O)c2C)c1. The minimum atomic E-state index is -0.705. The van der Waals surface area contributed by atoms with Crippen LogP contribution in [0.25, 0.3) is 11.8 Å². The van der Waals surface area contributed by atoms with E-state index in [9.17, 15) is 19.2 Å². The number of methoxy groups -OCH3 is 1. The molecule has 0 saturated carbocycles. The Morgan fingerprint density at radius 3 is 2.26 bits per heavy atom. The molecule has 178 valence electrons. The topological polar surface area (TPSA) is 88.9 Å². The average molecular weight is 472 g/mol. The van der Waals surface area contributed by atoms with E-state index in [-0.39, 0.29) is 5.57 Å². The van der Waals surface area contributed by atoms with Gasteiger partial charge in [0.1, 0.15) is 5.57 Å². The number of carbonyl (C=O) groups is 4. The summed E-state index contributed by atoms with van der Waals surface area (Å²) in [6, 6.07) is 14.9. The molecule has 0 atom stereocenters. The molecule has 1 aliphatic heterocycles. The second-order valence-electron chi connectivity index (χ2n) is 8.34. The molecule has 8 nitrogen and oxygen atoms in total. The smallest absolute Gasteiger partial charge is 0.338 e. The Kier molecular flexibility index (Phi) is 6.13. The number of esters is 1. The molecule has 0 unspecified atom stereocenters. The molecule has 4 rings (SSSR count). The number of barbiturate groups is 1. The van der Waals surface area contributed by atoms with Crippen molar-refractivity contribution in [2.75, 3.05) is 19.1 Å². The Morgan fingerprint density at radius 2 is 1.60 bits per heavy atom. The highest BCUT2D eigenvalue weighted by Gasteiger charge is 2.41. The highest BCUT2D eigenvalue weighted by Crippen LogP contribution is 2.29. The van der Waals surface area contributed by atoms with Crippen molar-refractivity contribution >= 4 is 35.6 Å². The molecule has 0 N–H and O–H groups in total. The van der Waals surface area contributed by atoms with Gasteiger partial charge in [-0.2, -0.15) is 0 Å². The van der Waals surface area contributed by atoms with E-state index in [0.717, 1.165) is 32.4 Å². The zero-order valence-corrected chi connectivity index (χ0v) is 20.2. The van der Waals surface area contributed by atoms with Crippen LogP contribution in [-0.4, -0.2) is 47.4 Å². The number of ether oxygens (including phenoxy) is 1. The number of para-hydroxylation sites is 1. The third-order valence-electron chi connectivity index (χ3n) is 6.10. The quantitative estimate of drug-likeness (QED) is 0.323. The number of likely N-dealkylation sites (N-methyl/N-ethyl adjacent to an activating group) is 1. The number of aryl methyl sites for hydroxylation is 2. The van der Waals surface area contributed by atoms with Crippen molar-refractivity contribution in [3.8, 4) is 5.69 Å². The lowest BCUT2D eigenvalue weighted by atomic mass is 10.1. The van der Waals surface area contributed by atoms with Crippen molar-refractivity contribution in [3.05, 3.63) is 88.2 Å². The predicted octanol–water partition coefficient (Wildman–Crippen LogP) is 4.20. The van der Waals surface area contributed by atoms with Crippen molar-refractivity contribution in [3.63, 3.8) is 0 Å². The number of anilines is 1. The maximum Gasteiger partial charge on any atom is 0.338 e. The van der Waals surface area contributed by atoms with Crippen LogP contribution in [0, 0.1) is 20.8 Å². The molecule has 4 amide bonds. The van der Waals surface area contributed by atoms with Gasteiger partial charge in [-0.1, -0.05) is 24.3 Å². The van der Waals surface area contributed by atoms with Gasteiger partial charge in [0.15, 0.2) is 0 Å². The average Bonchev–Trinajstić information content (AvgIpc) is 3.13. The summed E-state index contributed by atoms with van der Waals surface area (Å²) < 4.78 is 6.81. The molecule has 1 aromatic heterocycles. The van der Waals surface area contributed by atoms with Crippen LogP contribution >= 0.6 is 0 Å². The van der Waals surface area contributed by atoms with Gasteiger partial charge in [0.2, 0.25) is 0 Å². The molecule has 35 heavy (non-hydrogen) atoms. The first-order valence-electron chi connectivity index (χ1n) is 11.0. The molecule has 0 aliphatic carbocycles. The van der Waals surface area contributed by atoms with Gasteiger partial charge in [-0.15, -0.1) is 0 Å². The predicted molar refractivity (Wildman–Crippen MR) is 131 cm³/mol. The fourth-order valence-corrected chi connectivity index (χ4v) is 4.20. The number of benzene rings is 2. The molecule has 0 radical (unpaired) electrons. The van der Waals surface area contributed by atoms with Gasteiger partial charge in [0.25, 0.3) is 11.8 Å². The first-order valence-corrected chi connectivity index (χ1v) is 11.0. The summed E-state index contributed by atoms with van der Waals surface area (Å²) in [6.45, 7) is 5.70. The molecule has 1 aliphatic rings. The summed E-state index contributed by atoms with van der Waals surface area (Å²) in [5.41, 5.74) is 4.67. The van der Waals surface area contributed by atoms with Crippen LogP contribution in [-0.2, 0) is 14.3 Å². The van der Waals surface area contributed by atoms with Gasteiger partial charge in [-0.3, -0.25) is 14.5 Å². The lowest BCUT2D eigenvalue weighted by Crippen LogP contribution is -2.55. The minimum absolute atomic E-state index is 0.115. The monoisotopic (exact) mass is 471 g/mol. The largest absolute Gasteiger partial charge is 0.465 e. The molecular formula is C27H25N3O5. The second kappa shape index (κ2) is 9.06. The van der Waals surface area contributed by atoms with Gasteiger partial charge in [-0.05, 0) is 68.3 Å². The van der Waals surface area contributed by atoms with E-state index in [2.05, 4.69) is 0 Å². The van der Waals surface area contributed by atoms with Crippen molar-refractivity contribution < 1.29 is 23.9 Å². The molecule has 1 saturated heterocycles. The van der Waals surface area contributed by atoms with Gasteiger partial charge in [0.05, 0.1) is 18.4 Å². The van der Waals surface area contributed by atoms with Crippen LogP contribution in [0.4, 0.5) is 10.5 Å². The van der Waals surface area contributed by atoms with E-state index < -0.39 is 23.8 Å². The van der Waals surface area contributed by atoms with E-state index in [1.165, 1.54) is 20.2 Å². The van der Waals surface area contributed by atoms with Crippen LogP contribution in [0.5, 0.6) is 0 Å². The number of urea groups is 1. The molecule has 8 heteroatoms. The number of amides is 4. The molecule has 2 aromatic carbocycles. The van der Waals surface area contributed by atoms with Crippen molar-refractivity contribution in [1.82, 2.24) is 9.47 Å². The van der Waals surface area contributed by atoms with Gasteiger partial charge >= 0.3 is 12.0 Å². The Morgan fingerprint density at radius 1 is 0.914 bits per heavy atom. The van der Waals surface area contributed by atoms with Crippen molar-refractivity contribution in [1.29, 1.82) is 0 Å². The number of aromatic nitrogens is 1. The second-order valence-corrected chi connectivity index (χ2v) is 8.34. The lowest BCUT2D eigenvalue weighted by Gasteiger charge is -2.31. The zero-order valence-electron chi connectivity index (χ0n) is 20.2. The molecular weight excluding hydrogens is 446 g/mol. The summed E-state index contributed by atoms with van der Waals surface area (Å²) in [6.07, 6.45) is 1.52. The number of carbonyl (C=O) groups excluding carboxylic acids is 4. The van der Waals surface area contributed by atoms with E-state index >= 15 is 0 Å². The van der Waals surface area contributed by atoms with Crippen LogP contribution in [0.15, 0.2) is 60.2 Å². The van der Waals surface area contributed by atoms with Gasteiger partial charge < -0.3 is 9.30 Å². The summed E-state index contributed by atoms with van der Waals surface area (Å²) in [5, 5.41) is 0. The third kappa shape index (κ3) is 4.03. The molecule has 2 heterocycles. The number of nitrogens with zero attached hydrogens (tertiary/aromatic N) is 3. The Balaban J connectivity index is 1.82. The molecule has 3 aromatic rings. The first kappa shape index (κ1) is 23.7. The number of hydrogen-bond donors (Lipinski definition) is 0. The van der Waals surface area contributed by atoms with E-state index in [1.807, 2.05) is 37.5 Å². The number of imide groups is 2. The molecule has 1 fully saturated rings. The van der Waals surface area contributed by atoms with Crippen LogP contribution in [0.2, 0.25) is 0 Å². The minimum Gasteiger partial charge on any atom is -0.465 e. The normalized spacial score (nSPS) is 15.2. The highest BCUT2D eigenvalue weighted by atomic mass is 16.5. The van der Waals surface area contributed by atoms with E-state index in [0.29, 0.717) is 16.8 Å². The summed E-state index contributed by atoms with van der Waals surface area (Å²) in [7, 11) is 2.68. The fourth-order valence-electron chi connectivity index (χ4n) is 4.20. The van der Waals surface area contributed by atoms with Gasteiger partial charge in [0, 0.05) is 24.1 Å². The van der Waals surface area contributed by atoms with Crippen molar-refractivity contribution in [2.24, 2.45) is 0 Å². The van der Waals surface area contributed by atoms with Crippen LogP contribution in [0.3, 0.4) is 0 Å². The van der Waals surface area contributed by atoms with E-state index in [1.54, 1.807) is 42.5 Å². The zero-order chi connectivity index (χ0) is 25.4. The fraction of sp³-hybridized carbons (Fsp3) is 0.185.